The first kappa shape index (κ1) is 11.9. The van der Waals surface area contributed by atoms with Gasteiger partial charge in [-0.05, 0) is 6.42 Å². The van der Waals surface area contributed by atoms with Crippen LogP contribution in [0.2, 0.25) is 0 Å². The van der Waals surface area contributed by atoms with E-state index in [1.54, 1.807) is 6.92 Å². The standard InChI is InChI=1S/C7H5Cl3F2N2/c1-2-3-4(11)13-6(7(8,9)10)14-5(3)12/h2H2,1H3. The summed E-state index contributed by atoms with van der Waals surface area (Å²) in [5.74, 6) is -2.50. The zero-order chi connectivity index (χ0) is 10.9. The second-order valence-corrected chi connectivity index (χ2v) is 4.74. The molecule has 0 radical (unpaired) electrons. The summed E-state index contributed by atoms with van der Waals surface area (Å²) in [7, 11) is 0. The summed E-state index contributed by atoms with van der Waals surface area (Å²) in [6.45, 7) is 1.57. The third-order valence-corrected chi connectivity index (χ3v) is 2.02. The van der Waals surface area contributed by atoms with Gasteiger partial charge in [-0.15, -0.1) is 0 Å². The minimum atomic E-state index is -2.02. The fourth-order valence-corrected chi connectivity index (χ4v) is 1.10. The zero-order valence-corrected chi connectivity index (χ0v) is 9.26. The molecule has 0 aromatic carbocycles. The first-order valence-corrected chi connectivity index (χ1v) is 4.78. The molecule has 0 saturated carbocycles. The summed E-state index contributed by atoms with van der Waals surface area (Å²) in [4.78, 5) is 6.52. The lowest BCUT2D eigenvalue weighted by atomic mass is 10.2. The Kier molecular flexibility index (Phi) is 3.50. The summed E-state index contributed by atoms with van der Waals surface area (Å²) in [5.41, 5.74) is -0.219. The van der Waals surface area contributed by atoms with Crippen molar-refractivity contribution in [2.24, 2.45) is 0 Å². The van der Waals surface area contributed by atoms with Crippen molar-refractivity contribution in [2.75, 3.05) is 0 Å². The maximum atomic E-state index is 13.1. The van der Waals surface area contributed by atoms with Crippen molar-refractivity contribution in [1.29, 1.82) is 0 Å². The number of alkyl halides is 3. The van der Waals surface area contributed by atoms with Gasteiger partial charge < -0.3 is 0 Å². The summed E-state index contributed by atoms with van der Waals surface area (Å²) in [6.07, 6.45) is 0.137. The summed E-state index contributed by atoms with van der Waals surface area (Å²) < 4.78 is 24.1. The van der Waals surface area contributed by atoms with E-state index in [1.807, 2.05) is 0 Å². The molecule has 2 nitrogen and oxygen atoms in total. The molecule has 0 saturated heterocycles. The van der Waals surface area contributed by atoms with Crippen LogP contribution in [0.15, 0.2) is 0 Å². The molecule has 0 spiro atoms. The summed E-state index contributed by atoms with van der Waals surface area (Å²) in [5, 5.41) is 0. The molecule has 1 aromatic rings. The summed E-state index contributed by atoms with van der Waals surface area (Å²) in [6, 6.07) is 0. The van der Waals surface area contributed by atoms with Gasteiger partial charge >= 0.3 is 0 Å². The molecule has 0 atom stereocenters. The molecule has 0 amide bonds. The van der Waals surface area contributed by atoms with Gasteiger partial charge in [0.25, 0.3) is 0 Å². The van der Waals surface area contributed by atoms with Crippen LogP contribution in [0.25, 0.3) is 0 Å². The topological polar surface area (TPSA) is 25.8 Å². The highest BCUT2D eigenvalue weighted by molar-refractivity contribution is 6.66. The zero-order valence-electron chi connectivity index (χ0n) is 6.99. The lowest BCUT2D eigenvalue weighted by Crippen LogP contribution is -2.13. The second kappa shape index (κ2) is 4.13. The Balaban J connectivity index is 3.28. The molecular weight excluding hydrogens is 256 g/mol. The van der Waals surface area contributed by atoms with Crippen LogP contribution >= 0.6 is 34.8 Å². The van der Waals surface area contributed by atoms with Crippen molar-refractivity contribution in [3.8, 4) is 0 Å². The monoisotopic (exact) mass is 260 g/mol. The summed E-state index contributed by atoms with van der Waals surface area (Å²) >= 11 is 16.1. The number of aromatic nitrogens is 2. The van der Waals surface area contributed by atoms with Gasteiger partial charge in [0.1, 0.15) is 0 Å². The smallest absolute Gasteiger partial charge is 0.199 e. The highest BCUT2D eigenvalue weighted by Gasteiger charge is 2.29. The van der Waals surface area contributed by atoms with Gasteiger partial charge in [0, 0.05) is 0 Å². The molecule has 0 unspecified atom stereocenters. The van der Waals surface area contributed by atoms with E-state index in [9.17, 15) is 8.78 Å². The first-order chi connectivity index (χ1) is 6.36. The Labute approximate surface area is 94.2 Å². The van der Waals surface area contributed by atoms with Crippen LogP contribution in [0.3, 0.4) is 0 Å². The average molecular weight is 261 g/mol. The predicted octanol–water partition coefficient (Wildman–Crippen LogP) is 3.14. The molecule has 7 heteroatoms. The van der Waals surface area contributed by atoms with Crippen molar-refractivity contribution in [2.45, 2.75) is 17.1 Å². The average Bonchev–Trinajstić information content (AvgIpc) is 2.01. The minimum Gasteiger partial charge on any atom is -0.199 e. The highest BCUT2D eigenvalue weighted by atomic mass is 35.6. The Hall–Kier alpha value is -0.190. The number of nitrogens with zero attached hydrogens (tertiary/aromatic N) is 2. The van der Waals surface area contributed by atoms with Crippen molar-refractivity contribution in [1.82, 2.24) is 9.97 Å². The van der Waals surface area contributed by atoms with E-state index in [0.717, 1.165) is 0 Å². The van der Waals surface area contributed by atoms with E-state index in [1.165, 1.54) is 0 Å². The van der Waals surface area contributed by atoms with E-state index in [-0.39, 0.29) is 12.0 Å². The Bertz CT molecular complexity index is 328. The molecule has 1 aromatic heterocycles. The quantitative estimate of drug-likeness (QED) is 0.573. The molecule has 0 N–H and O–H groups in total. The van der Waals surface area contributed by atoms with Crippen LogP contribution in [-0.2, 0) is 10.2 Å². The maximum absolute atomic E-state index is 13.1. The van der Waals surface area contributed by atoms with Gasteiger partial charge in [0.15, 0.2) is 5.82 Å². The Morgan fingerprint density at radius 2 is 1.57 bits per heavy atom. The van der Waals surface area contributed by atoms with Crippen LogP contribution in [0, 0.1) is 11.9 Å². The molecular formula is C7H5Cl3F2N2. The van der Waals surface area contributed by atoms with E-state index in [2.05, 4.69) is 9.97 Å². The SMILES string of the molecule is CCc1c(F)nc(C(Cl)(Cl)Cl)nc1F. The van der Waals surface area contributed by atoms with Gasteiger partial charge in [-0.3, -0.25) is 0 Å². The van der Waals surface area contributed by atoms with Crippen molar-refractivity contribution in [3.05, 3.63) is 23.3 Å². The third kappa shape index (κ3) is 2.43. The molecule has 0 fully saturated rings. The molecule has 0 aliphatic carbocycles. The van der Waals surface area contributed by atoms with E-state index in [4.69, 9.17) is 34.8 Å². The van der Waals surface area contributed by atoms with Gasteiger partial charge in [0.2, 0.25) is 15.7 Å². The second-order valence-electron chi connectivity index (χ2n) is 2.46. The lowest BCUT2D eigenvalue weighted by Gasteiger charge is -2.10. The molecule has 1 rings (SSSR count). The largest absolute Gasteiger partial charge is 0.250 e. The van der Waals surface area contributed by atoms with Crippen LogP contribution in [0.5, 0.6) is 0 Å². The van der Waals surface area contributed by atoms with E-state index < -0.39 is 21.5 Å². The number of rotatable bonds is 1. The molecule has 14 heavy (non-hydrogen) atoms. The fourth-order valence-electron chi connectivity index (χ4n) is 0.850. The van der Waals surface area contributed by atoms with Crippen LogP contribution in [0.1, 0.15) is 18.3 Å². The fraction of sp³-hybridized carbons (Fsp3) is 0.429. The maximum Gasteiger partial charge on any atom is 0.250 e. The third-order valence-electron chi connectivity index (χ3n) is 1.51. The highest BCUT2D eigenvalue weighted by Crippen LogP contribution is 2.36. The van der Waals surface area contributed by atoms with Gasteiger partial charge in [-0.2, -0.15) is 18.7 Å². The van der Waals surface area contributed by atoms with Crippen LogP contribution in [-0.4, -0.2) is 9.97 Å². The van der Waals surface area contributed by atoms with E-state index in [0.29, 0.717) is 0 Å². The molecule has 1 heterocycles. The number of hydrogen-bond acceptors (Lipinski definition) is 2. The number of halogens is 5. The van der Waals surface area contributed by atoms with Crippen molar-refractivity contribution >= 4 is 34.8 Å². The van der Waals surface area contributed by atoms with Gasteiger partial charge in [-0.1, -0.05) is 41.7 Å². The van der Waals surface area contributed by atoms with Gasteiger partial charge in [-0.25, -0.2) is 0 Å². The first-order valence-electron chi connectivity index (χ1n) is 3.65. The Morgan fingerprint density at radius 1 is 1.14 bits per heavy atom. The molecule has 0 aliphatic heterocycles. The van der Waals surface area contributed by atoms with Crippen LogP contribution in [0.4, 0.5) is 8.78 Å². The minimum absolute atomic E-state index is 0.137. The van der Waals surface area contributed by atoms with Crippen LogP contribution < -0.4 is 0 Å². The van der Waals surface area contributed by atoms with E-state index >= 15 is 0 Å². The predicted molar refractivity (Wildman–Crippen MR) is 50.6 cm³/mol. The number of hydrogen-bond donors (Lipinski definition) is 0. The molecule has 0 aliphatic rings. The normalized spacial score (nSPS) is 11.9. The van der Waals surface area contributed by atoms with Crippen molar-refractivity contribution < 1.29 is 8.78 Å². The lowest BCUT2D eigenvalue weighted by molar-refractivity contribution is 0.492. The molecule has 0 bridgehead atoms. The van der Waals surface area contributed by atoms with Gasteiger partial charge in [0.05, 0.1) is 5.56 Å². The molecule has 78 valence electrons. The van der Waals surface area contributed by atoms with Crippen molar-refractivity contribution in [3.63, 3.8) is 0 Å². The Morgan fingerprint density at radius 3 is 1.86 bits per heavy atom.